The second kappa shape index (κ2) is 5.28. The van der Waals surface area contributed by atoms with Gasteiger partial charge in [0.15, 0.2) is 0 Å². The minimum absolute atomic E-state index is 0.0722. The van der Waals surface area contributed by atoms with Gasteiger partial charge in [0, 0.05) is 14.8 Å². The maximum atomic E-state index is 6.36. The molecule has 2 N–H and O–H groups in total. The van der Waals surface area contributed by atoms with Gasteiger partial charge in [-0.1, -0.05) is 44.5 Å². The number of rotatable bonds is 2. The van der Waals surface area contributed by atoms with Crippen LogP contribution in [0.4, 0.5) is 0 Å². The highest BCUT2D eigenvalue weighted by molar-refractivity contribution is 7.12. The molecule has 2 aromatic rings. The summed E-state index contributed by atoms with van der Waals surface area (Å²) in [6.07, 6.45) is 0. The van der Waals surface area contributed by atoms with E-state index in [1.165, 1.54) is 9.75 Å². The van der Waals surface area contributed by atoms with E-state index in [4.69, 9.17) is 17.3 Å². The maximum absolute atomic E-state index is 6.36. The molecule has 1 heterocycles. The van der Waals surface area contributed by atoms with Crippen molar-refractivity contribution in [2.45, 2.75) is 39.2 Å². The fraction of sp³-hybridized carbons (Fsp3) is 0.375. The predicted molar refractivity (Wildman–Crippen MR) is 85.2 cm³/mol. The summed E-state index contributed by atoms with van der Waals surface area (Å²) in [7, 11) is 0. The van der Waals surface area contributed by atoms with Crippen molar-refractivity contribution in [2.75, 3.05) is 0 Å². The normalized spacial score (nSPS) is 13.6. The van der Waals surface area contributed by atoms with Crippen LogP contribution in [0, 0.1) is 6.92 Å². The summed E-state index contributed by atoms with van der Waals surface area (Å²) in [4.78, 5) is 2.57. The molecule has 0 aliphatic heterocycles. The molecule has 0 amide bonds. The van der Waals surface area contributed by atoms with E-state index < -0.39 is 0 Å². The molecule has 1 nitrogen and oxygen atoms in total. The highest BCUT2D eigenvalue weighted by Crippen LogP contribution is 2.34. The smallest absolute Gasteiger partial charge is 0.0646 e. The van der Waals surface area contributed by atoms with Gasteiger partial charge < -0.3 is 5.73 Å². The number of aryl methyl sites for hydroxylation is 1. The molecule has 2 rings (SSSR count). The van der Waals surface area contributed by atoms with Gasteiger partial charge in [0.1, 0.15) is 0 Å². The van der Waals surface area contributed by atoms with Gasteiger partial charge in [-0.2, -0.15) is 0 Å². The maximum Gasteiger partial charge on any atom is 0.0646 e. The minimum Gasteiger partial charge on any atom is -0.320 e. The summed E-state index contributed by atoms with van der Waals surface area (Å²) < 4.78 is 0. The van der Waals surface area contributed by atoms with Crippen LogP contribution in [0.3, 0.4) is 0 Å². The Morgan fingerprint density at radius 3 is 2.37 bits per heavy atom. The Kier molecular flexibility index (Phi) is 4.05. The summed E-state index contributed by atoms with van der Waals surface area (Å²) in [6, 6.07) is 10.3. The molecular formula is C16H20ClNS. The molecular weight excluding hydrogens is 274 g/mol. The zero-order valence-electron chi connectivity index (χ0n) is 11.8. The second-order valence-corrected chi connectivity index (χ2v) is 7.46. The molecule has 3 heteroatoms. The van der Waals surface area contributed by atoms with Gasteiger partial charge in [-0.15, -0.1) is 11.3 Å². The van der Waals surface area contributed by atoms with Crippen LogP contribution in [-0.4, -0.2) is 0 Å². The van der Waals surface area contributed by atoms with Crippen molar-refractivity contribution in [2.24, 2.45) is 5.73 Å². The van der Waals surface area contributed by atoms with E-state index in [1.54, 1.807) is 11.3 Å². The van der Waals surface area contributed by atoms with Gasteiger partial charge in [0.2, 0.25) is 0 Å². The zero-order valence-corrected chi connectivity index (χ0v) is 13.4. The Labute approximate surface area is 124 Å². The number of hydrogen-bond donors (Lipinski definition) is 1. The number of benzene rings is 1. The first kappa shape index (κ1) is 14.6. The topological polar surface area (TPSA) is 26.0 Å². The SMILES string of the molecule is Cc1cc(C(N)c2ccc(C(C)(C)C)s2)ccc1Cl. The van der Waals surface area contributed by atoms with Crippen molar-refractivity contribution in [1.82, 2.24) is 0 Å². The van der Waals surface area contributed by atoms with Crippen molar-refractivity contribution in [3.8, 4) is 0 Å². The van der Waals surface area contributed by atoms with Crippen LogP contribution >= 0.6 is 22.9 Å². The van der Waals surface area contributed by atoms with Crippen LogP contribution in [0.15, 0.2) is 30.3 Å². The molecule has 102 valence electrons. The van der Waals surface area contributed by atoms with E-state index in [1.807, 2.05) is 19.1 Å². The average molecular weight is 294 g/mol. The van der Waals surface area contributed by atoms with Crippen LogP contribution in [0.5, 0.6) is 0 Å². The Balaban J connectivity index is 2.31. The largest absolute Gasteiger partial charge is 0.320 e. The minimum atomic E-state index is -0.0722. The molecule has 1 aromatic heterocycles. The number of halogens is 1. The Morgan fingerprint density at radius 2 is 1.84 bits per heavy atom. The molecule has 0 radical (unpaired) electrons. The number of hydrogen-bond acceptors (Lipinski definition) is 2. The number of nitrogens with two attached hydrogens (primary N) is 1. The lowest BCUT2D eigenvalue weighted by molar-refractivity contribution is 0.604. The molecule has 1 unspecified atom stereocenters. The van der Waals surface area contributed by atoms with Crippen molar-refractivity contribution in [3.05, 3.63) is 56.2 Å². The molecule has 0 aliphatic carbocycles. The van der Waals surface area contributed by atoms with Crippen LogP contribution in [0.25, 0.3) is 0 Å². The van der Waals surface area contributed by atoms with Gasteiger partial charge in [-0.25, -0.2) is 0 Å². The highest BCUT2D eigenvalue weighted by atomic mass is 35.5. The molecule has 0 saturated carbocycles. The standard InChI is InChI=1S/C16H20ClNS/c1-10-9-11(5-6-12(10)17)15(18)13-7-8-14(19-13)16(2,3)4/h5-9,15H,18H2,1-4H3. The lowest BCUT2D eigenvalue weighted by Gasteiger charge is -2.16. The third-order valence-electron chi connectivity index (χ3n) is 3.21. The highest BCUT2D eigenvalue weighted by Gasteiger charge is 2.19. The van der Waals surface area contributed by atoms with E-state index in [-0.39, 0.29) is 11.5 Å². The fourth-order valence-electron chi connectivity index (χ4n) is 1.95. The fourth-order valence-corrected chi connectivity index (χ4v) is 3.16. The number of thiophene rings is 1. The quantitative estimate of drug-likeness (QED) is 0.823. The van der Waals surface area contributed by atoms with E-state index >= 15 is 0 Å². The Hall–Kier alpha value is -0.830. The van der Waals surface area contributed by atoms with Gasteiger partial charge in [0.25, 0.3) is 0 Å². The van der Waals surface area contributed by atoms with Crippen LogP contribution in [0.2, 0.25) is 5.02 Å². The van der Waals surface area contributed by atoms with Crippen molar-refractivity contribution < 1.29 is 0 Å². The van der Waals surface area contributed by atoms with E-state index in [0.29, 0.717) is 0 Å². The monoisotopic (exact) mass is 293 g/mol. The molecule has 1 aromatic carbocycles. The van der Waals surface area contributed by atoms with Crippen LogP contribution in [0.1, 0.15) is 47.7 Å². The summed E-state index contributed by atoms with van der Waals surface area (Å²) in [5.41, 5.74) is 8.72. The molecule has 0 fully saturated rings. The first-order valence-electron chi connectivity index (χ1n) is 6.41. The first-order valence-corrected chi connectivity index (χ1v) is 7.60. The lowest BCUT2D eigenvalue weighted by atomic mass is 9.95. The van der Waals surface area contributed by atoms with Gasteiger partial charge in [-0.3, -0.25) is 0 Å². The summed E-state index contributed by atoms with van der Waals surface area (Å²) in [5.74, 6) is 0. The van der Waals surface area contributed by atoms with Gasteiger partial charge in [-0.05, 0) is 41.7 Å². The molecule has 0 bridgehead atoms. The molecule has 0 spiro atoms. The summed E-state index contributed by atoms with van der Waals surface area (Å²) in [6.45, 7) is 8.68. The predicted octanol–water partition coefficient (Wildman–Crippen LogP) is 5.06. The molecule has 19 heavy (non-hydrogen) atoms. The summed E-state index contributed by atoms with van der Waals surface area (Å²) in [5, 5.41) is 0.789. The van der Waals surface area contributed by atoms with Crippen molar-refractivity contribution in [3.63, 3.8) is 0 Å². The average Bonchev–Trinajstić information content (AvgIpc) is 2.81. The van der Waals surface area contributed by atoms with Gasteiger partial charge >= 0.3 is 0 Å². The van der Waals surface area contributed by atoms with Crippen molar-refractivity contribution in [1.29, 1.82) is 0 Å². The van der Waals surface area contributed by atoms with Gasteiger partial charge in [0.05, 0.1) is 6.04 Å². The van der Waals surface area contributed by atoms with Crippen molar-refractivity contribution >= 4 is 22.9 Å². The van der Waals surface area contributed by atoms with Crippen LogP contribution < -0.4 is 5.73 Å². The Morgan fingerprint density at radius 1 is 1.16 bits per heavy atom. The van der Waals surface area contributed by atoms with E-state index in [2.05, 4.69) is 39.0 Å². The molecule has 0 saturated heterocycles. The van der Waals surface area contributed by atoms with E-state index in [0.717, 1.165) is 16.1 Å². The molecule has 1 atom stereocenters. The molecule has 0 aliphatic rings. The second-order valence-electron chi connectivity index (χ2n) is 5.94. The van der Waals surface area contributed by atoms with E-state index in [9.17, 15) is 0 Å². The summed E-state index contributed by atoms with van der Waals surface area (Å²) >= 11 is 7.85. The third-order valence-corrected chi connectivity index (χ3v) is 5.23. The van der Waals surface area contributed by atoms with Crippen LogP contribution in [-0.2, 0) is 5.41 Å². The third kappa shape index (κ3) is 3.19. The zero-order chi connectivity index (χ0) is 14.2. The lowest BCUT2D eigenvalue weighted by Crippen LogP contribution is -2.11. The first-order chi connectivity index (χ1) is 8.79. The Bertz CT molecular complexity index is 581.